The monoisotopic (exact) mass is 215 g/mol. The maximum atomic E-state index is 11.2. The third kappa shape index (κ3) is 5.37. The highest BCUT2D eigenvalue weighted by Gasteiger charge is 2.18. The molecule has 0 aromatic carbocycles. The van der Waals surface area contributed by atoms with Gasteiger partial charge in [-0.1, -0.05) is 13.8 Å². The lowest BCUT2D eigenvalue weighted by Crippen LogP contribution is -2.46. The number of hydrogen-bond acceptors (Lipinski definition) is 3. The molecule has 88 valence electrons. The van der Waals surface area contributed by atoms with Gasteiger partial charge >= 0.3 is 0 Å². The molecule has 0 heterocycles. The lowest BCUT2D eigenvalue weighted by atomic mass is 10.0. The van der Waals surface area contributed by atoms with Crippen LogP contribution in [0.1, 0.15) is 20.3 Å². The highest BCUT2D eigenvalue weighted by molar-refractivity contribution is 5.80. The van der Waals surface area contributed by atoms with Gasteiger partial charge in [0.1, 0.15) is 0 Å². The molecule has 0 rings (SSSR count). The molecule has 1 unspecified atom stereocenters. The van der Waals surface area contributed by atoms with E-state index >= 15 is 0 Å². The highest BCUT2D eigenvalue weighted by atomic mass is 16.2. The average Bonchev–Trinajstić information content (AvgIpc) is 2.10. The van der Waals surface area contributed by atoms with Gasteiger partial charge in [-0.05, 0) is 5.92 Å². The first-order valence-corrected chi connectivity index (χ1v) is 5.09. The minimum atomic E-state index is -0.373. The molecule has 0 fully saturated rings. The van der Waals surface area contributed by atoms with Gasteiger partial charge in [0.05, 0.1) is 6.04 Å². The van der Waals surface area contributed by atoms with Gasteiger partial charge < -0.3 is 16.0 Å². The van der Waals surface area contributed by atoms with E-state index in [0.29, 0.717) is 13.0 Å². The first-order valence-electron chi connectivity index (χ1n) is 5.09. The van der Waals surface area contributed by atoms with Crippen molar-refractivity contribution in [3.05, 3.63) is 0 Å². The second-order valence-corrected chi connectivity index (χ2v) is 4.12. The highest BCUT2D eigenvalue weighted by Crippen LogP contribution is 2.00. The maximum absolute atomic E-state index is 11.2. The number of carbonyl (C=O) groups is 2. The van der Waals surface area contributed by atoms with Crippen molar-refractivity contribution in [2.24, 2.45) is 11.7 Å². The Labute approximate surface area is 91.0 Å². The van der Waals surface area contributed by atoms with E-state index in [1.165, 1.54) is 4.90 Å². The molecule has 5 nitrogen and oxygen atoms in total. The minimum absolute atomic E-state index is 0.0366. The number of rotatable bonds is 6. The van der Waals surface area contributed by atoms with E-state index in [0.717, 1.165) is 0 Å². The summed E-state index contributed by atoms with van der Waals surface area (Å²) in [5, 5.41) is 2.98. The molecule has 0 aliphatic rings. The van der Waals surface area contributed by atoms with Crippen molar-refractivity contribution in [2.45, 2.75) is 26.3 Å². The third-order valence-electron chi connectivity index (χ3n) is 2.18. The fourth-order valence-corrected chi connectivity index (χ4v) is 1.22. The Bertz CT molecular complexity index is 227. The molecule has 1 atom stereocenters. The smallest absolute Gasteiger partial charge is 0.234 e. The van der Waals surface area contributed by atoms with Crippen LogP contribution in [0.3, 0.4) is 0 Å². The summed E-state index contributed by atoms with van der Waals surface area (Å²) < 4.78 is 0. The lowest BCUT2D eigenvalue weighted by molar-refractivity contribution is -0.129. The van der Waals surface area contributed by atoms with E-state index < -0.39 is 0 Å². The summed E-state index contributed by atoms with van der Waals surface area (Å²) >= 11 is 0. The molecule has 0 aliphatic heterocycles. The first-order chi connectivity index (χ1) is 6.86. The molecule has 0 radical (unpaired) electrons. The van der Waals surface area contributed by atoms with E-state index in [1.807, 2.05) is 13.8 Å². The van der Waals surface area contributed by atoms with Crippen LogP contribution in [0.25, 0.3) is 0 Å². The van der Waals surface area contributed by atoms with Crippen molar-refractivity contribution in [1.82, 2.24) is 10.2 Å². The molecule has 15 heavy (non-hydrogen) atoms. The Hall–Kier alpha value is -1.10. The molecule has 0 spiro atoms. The molecule has 0 aromatic heterocycles. The van der Waals surface area contributed by atoms with E-state index in [4.69, 9.17) is 5.73 Å². The molecule has 0 bridgehead atoms. The Balaban J connectivity index is 3.92. The summed E-state index contributed by atoms with van der Waals surface area (Å²) in [5.74, 6) is -0.200. The Kier molecular flexibility index (Phi) is 5.93. The van der Waals surface area contributed by atoms with Crippen molar-refractivity contribution in [2.75, 3.05) is 20.6 Å². The zero-order valence-electron chi connectivity index (χ0n) is 9.91. The average molecular weight is 215 g/mol. The van der Waals surface area contributed by atoms with Gasteiger partial charge in [-0.15, -0.1) is 0 Å². The fourth-order valence-electron chi connectivity index (χ4n) is 1.22. The van der Waals surface area contributed by atoms with Crippen LogP contribution in [-0.4, -0.2) is 43.4 Å². The number of amides is 2. The molecular formula is C10H21N3O2. The predicted molar refractivity (Wildman–Crippen MR) is 59.1 cm³/mol. The van der Waals surface area contributed by atoms with Crippen LogP contribution < -0.4 is 11.1 Å². The fraction of sp³-hybridized carbons (Fsp3) is 0.800. The molecule has 3 N–H and O–H groups in total. The molecule has 5 heteroatoms. The van der Waals surface area contributed by atoms with Crippen LogP contribution in [0, 0.1) is 5.92 Å². The number of nitrogens with zero attached hydrogens (tertiary/aromatic N) is 1. The summed E-state index contributed by atoms with van der Waals surface area (Å²) in [4.78, 5) is 23.8. The zero-order chi connectivity index (χ0) is 12.0. The van der Waals surface area contributed by atoms with E-state index in [-0.39, 0.29) is 23.8 Å². The number of hydrogen-bond donors (Lipinski definition) is 2. The van der Waals surface area contributed by atoms with Crippen LogP contribution in [0.4, 0.5) is 0 Å². The molecule has 0 saturated heterocycles. The van der Waals surface area contributed by atoms with Gasteiger partial charge in [0.25, 0.3) is 0 Å². The second-order valence-electron chi connectivity index (χ2n) is 4.12. The van der Waals surface area contributed by atoms with Gasteiger partial charge in [0.15, 0.2) is 0 Å². The van der Waals surface area contributed by atoms with E-state index in [9.17, 15) is 9.59 Å². The van der Waals surface area contributed by atoms with Crippen molar-refractivity contribution < 1.29 is 9.59 Å². The van der Waals surface area contributed by atoms with Gasteiger partial charge in [0.2, 0.25) is 11.8 Å². The summed E-state index contributed by atoms with van der Waals surface area (Å²) in [6.45, 7) is 4.30. The van der Waals surface area contributed by atoms with Crippen molar-refractivity contribution >= 4 is 11.8 Å². The Morgan fingerprint density at radius 1 is 1.33 bits per heavy atom. The molecular weight excluding hydrogens is 194 g/mol. The normalized spacial score (nSPS) is 12.6. The Morgan fingerprint density at radius 2 is 1.87 bits per heavy atom. The quantitative estimate of drug-likeness (QED) is 0.631. The largest absolute Gasteiger partial charge is 0.368 e. The van der Waals surface area contributed by atoms with Crippen LogP contribution in [0.15, 0.2) is 0 Å². The van der Waals surface area contributed by atoms with Crippen LogP contribution >= 0.6 is 0 Å². The SMILES string of the molecule is CC(C)C(NCCC(=O)N(C)C)C(N)=O. The van der Waals surface area contributed by atoms with Crippen molar-refractivity contribution in [1.29, 1.82) is 0 Å². The van der Waals surface area contributed by atoms with Gasteiger partial charge in [0, 0.05) is 27.1 Å². The predicted octanol–water partition coefficient (Wildman–Crippen LogP) is -0.436. The van der Waals surface area contributed by atoms with Crippen LogP contribution in [0.5, 0.6) is 0 Å². The van der Waals surface area contributed by atoms with Crippen molar-refractivity contribution in [3.63, 3.8) is 0 Å². The maximum Gasteiger partial charge on any atom is 0.234 e. The molecule has 0 aromatic rings. The topological polar surface area (TPSA) is 75.4 Å². The number of nitrogens with two attached hydrogens (primary N) is 1. The second kappa shape index (κ2) is 6.40. The van der Waals surface area contributed by atoms with Gasteiger partial charge in [-0.25, -0.2) is 0 Å². The lowest BCUT2D eigenvalue weighted by Gasteiger charge is -2.19. The molecule has 0 saturated carbocycles. The number of primary amides is 1. The van der Waals surface area contributed by atoms with E-state index in [2.05, 4.69) is 5.32 Å². The summed E-state index contributed by atoms with van der Waals surface area (Å²) in [6, 6.07) is -0.361. The van der Waals surface area contributed by atoms with Crippen LogP contribution in [-0.2, 0) is 9.59 Å². The Morgan fingerprint density at radius 3 is 2.20 bits per heavy atom. The van der Waals surface area contributed by atoms with Gasteiger partial charge in [-0.3, -0.25) is 9.59 Å². The van der Waals surface area contributed by atoms with Gasteiger partial charge in [-0.2, -0.15) is 0 Å². The minimum Gasteiger partial charge on any atom is -0.368 e. The third-order valence-corrected chi connectivity index (χ3v) is 2.18. The first kappa shape index (κ1) is 13.9. The number of carbonyl (C=O) groups excluding carboxylic acids is 2. The van der Waals surface area contributed by atoms with E-state index in [1.54, 1.807) is 14.1 Å². The summed E-state index contributed by atoms with van der Waals surface area (Å²) in [7, 11) is 3.41. The van der Waals surface area contributed by atoms with Crippen molar-refractivity contribution in [3.8, 4) is 0 Å². The number of nitrogens with one attached hydrogen (secondary N) is 1. The molecule has 0 aliphatic carbocycles. The zero-order valence-corrected chi connectivity index (χ0v) is 9.91. The standard InChI is InChI=1S/C10H21N3O2/c1-7(2)9(10(11)15)12-6-5-8(14)13(3)4/h7,9,12H,5-6H2,1-4H3,(H2,11,15). The van der Waals surface area contributed by atoms with Crippen LogP contribution in [0.2, 0.25) is 0 Å². The summed E-state index contributed by atoms with van der Waals surface area (Å²) in [5.41, 5.74) is 5.22. The summed E-state index contributed by atoms with van der Waals surface area (Å²) in [6.07, 6.45) is 0.378. The molecule has 2 amide bonds.